The molecule has 2 aromatic rings. The molecule has 0 fully saturated rings. The van der Waals surface area contributed by atoms with Gasteiger partial charge in [0.1, 0.15) is 11.4 Å². The molecule has 0 saturated heterocycles. The van der Waals surface area contributed by atoms with Crippen molar-refractivity contribution in [2.24, 2.45) is 0 Å². The Balaban J connectivity index is 2.02. The molecule has 0 aliphatic heterocycles. The van der Waals surface area contributed by atoms with Crippen molar-refractivity contribution in [1.82, 2.24) is 20.8 Å². The fraction of sp³-hybridized carbons (Fsp3) is 0.0769. The minimum Gasteiger partial charge on any atom is -0.497 e. The molecule has 0 atom stereocenters. The third kappa shape index (κ3) is 3.60. The maximum atomic E-state index is 11.8. The maximum Gasteiger partial charge on any atom is 0.326 e. The summed E-state index contributed by atoms with van der Waals surface area (Å²) in [5, 5.41) is 0. The molecular formula is C13H12N4O5. The number of methoxy groups -OCH3 is 1. The molecule has 9 heteroatoms. The highest BCUT2D eigenvalue weighted by atomic mass is 16.5. The van der Waals surface area contributed by atoms with Crippen molar-refractivity contribution in [2.75, 3.05) is 7.11 Å². The Labute approximate surface area is 123 Å². The van der Waals surface area contributed by atoms with Gasteiger partial charge in [-0.25, -0.2) is 4.79 Å². The predicted octanol–water partition coefficient (Wildman–Crippen LogP) is -0.853. The predicted molar refractivity (Wildman–Crippen MR) is 75.6 cm³/mol. The number of aromatic nitrogens is 2. The highest BCUT2D eigenvalue weighted by Gasteiger charge is 2.10. The molecular weight excluding hydrogens is 292 g/mol. The summed E-state index contributed by atoms with van der Waals surface area (Å²) in [6.45, 7) is 0. The van der Waals surface area contributed by atoms with E-state index in [1.54, 1.807) is 12.1 Å². The molecule has 0 spiro atoms. The number of aromatic amines is 2. The fourth-order valence-electron chi connectivity index (χ4n) is 1.59. The van der Waals surface area contributed by atoms with Crippen LogP contribution in [-0.4, -0.2) is 28.9 Å². The molecule has 2 rings (SSSR count). The molecule has 0 aliphatic rings. The Morgan fingerprint density at radius 3 is 2.23 bits per heavy atom. The topological polar surface area (TPSA) is 133 Å². The second-order valence-corrected chi connectivity index (χ2v) is 4.14. The molecule has 1 aromatic heterocycles. The van der Waals surface area contributed by atoms with E-state index in [-0.39, 0.29) is 5.69 Å². The summed E-state index contributed by atoms with van der Waals surface area (Å²) < 4.78 is 4.96. The number of hydrogen-bond donors (Lipinski definition) is 4. The zero-order valence-corrected chi connectivity index (χ0v) is 11.4. The van der Waals surface area contributed by atoms with Gasteiger partial charge in [-0.05, 0) is 24.3 Å². The molecule has 22 heavy (non-hydrogen) atoms. The SMILES string of the molecule is COc1ccc(C(=O)NNC(=O)c2cc(=O)[nH]c(=O)[nH]2)cc1. The van der Waals surface area contributed by atoms with E-state index >= 15 is 0 Å². The van der Waals surface area contributed by atoms with Gasteiger partial charge in [0.2, 0.25) is 0 Å². The summed E-state index contributed by atoms with van der Waals surface area (Å²) in [5.74, 6) is -0.810. The van der Waals surface area contributed by atoms with Crippen LogP contribution in [0.2, 0.25) is 0 Å². The highest BCUT2D eigenvalue weighted by Crippen LogP contribution is 2.10. The van der Waals surface area contributed by atoms with E-state index in [0.717, 1.165) is 6.07 Å². The van der Waals surface area contributed by atoms with E-state index in [0.29, 0.717) is 11.3 Å². The zero-order valence-electron chi connectivity index (χ0n) is 11.4. The van der Waals surface area contributed by atoms with Gasteiger partial charge in [0, 0.05) is 11.6 Å². The Hall–Kier alpha value is -3.36. The fourth-order valence-corrected chi connectivity index (χ4v) is 1.59. The molecule has 0 radical (unpaired) electrons. The zero-order chi connectivity index (χ0) is 16.1. The lowest BCUT2D eigenvalue weighted by Gasteiger charge is -2.07. The summed E-state index contributed by atoms with van der Waals surface area (Å²) in [7, 11) is 1.50. The number of hydrazine groups is 1. The van der Waals surface area contributed by atoms with Gasteiger partial charge in [-0.1, -0.05) is 0 Å². The van der Waals surface area contributed by atoms with Crippen molar-refractivity contribution in [2.45, 2.75) is 0 Å². The smallest absolute Gasteiger partial charge is 0.326 e. The lowest BCUT2D eigenvalue weighted by Crippen LogP contribution is -2.43. The molecule has 9 nitrogen and oxygen atoms in total. The first-order valence-corrected chi connectivity index (χ1v) is 6.08. The van der Waals surface area contributed by atoms with Crippen LogP contribution in [0.15, 0.2) is 39.9 Å². The molecule has 0 unspecified atom stereocenters. The number of rotatable bonds is 3. The second-order valence-electron chi connectivity index (χ2n) is 4.14. The molecule has 0 aliphatic carbocycles. The van der Waals surface area contributed by atoms with Crippen LogP contribution in [0, 0.1) is 0 Å². The van der Waals surface area contributed by atoms with Gasteiger partial charge in [0.15, 0.2) is 0 Å². The molecule has 2 amide bonds. The van der Waals surface area contributed by atoms with Crippen LogP contribution in [0.4, 0.5) is 0 Å². The second kappa shape index (κ2) is 6.39. The number of benzene rings is 1. The van der Waals surface area contributed by atoms with Crippen molar-refractivity contribution < 1.29 is 14.3 Å². The summed E-state index contributed by atoms with van der Waals surface area (Å²) in [6, 6.07) is 7.09. The minimum absolute atomic E-state index is 0.274. The van der Waals surface area contributed by atoms with Gasteiger partial charge in [0.05, 0.1) is 7.11 Å². The number of ether oxygens (including phenoxy) is 1. The number of carbonyl (C=O) groups is 2. The van der Waals surface area contributed by atoms with Crippen molar-refractivity contribution in [3.8, 4) is 5.75 Å². The Morgan fingerprint density at radius 1 is 1.00 bits per heavy atom. The van der Waals surface area contributed by atoms with Crippen LogP contribution in [0.5, 0.6) is 5.75 Å². The standard InChI is InChI=1S/C13H12N4O5/c1-22-8-4-2-7(3-5-8)11(19)16-17-12(20)9-6-10(18)15-13(21)14-9/h2-6H,1H3,(H,16,19)(H,17,20)(H2,14,15,18,21). The van der Waals surface area contributed by atoms with E-state index in [1.165, 1.54) is 19.2 Å². The molecule has 1 heterocycles. The van der Waals surface area contributed by atoms with Gasteiger partial charge in [-0.15, -0.1) is 0 Å². The summed E-state index contributed by atoms with van der Waals surface area (Å²) in [6.07, 6.45) is 0. The summed E-state index contributed by atoms with van der Waals surface area (Å²) in [5.41, 5.74) is 2.72. The number of hydrogen-bond acceptors (Lipinski definition) is 5. The minimum atomic E-state index is -0.829. The van der Waals surface area contributed by atoms with Crippen molar-refractivity contribution in [3.63, 3.8) is 0 Å². The largest absolute Gasteiger partial charge is 0.497 e. The lowest BCUT2D eigenvalue weighted by molar-refractivity contribution is 0.0843. The number of carbonyl (C=O) groups excluding carboxylic acids is 2. The third-order valence-corrected chi connectivity index (χ3v) is 2.65. The van der Waals surface area contributed by atoms with Crippen LogP contribution < -0.4 is 26.8 Å². The summed E-state index contributed by atoms with van der Waals surface area (Å²) in [4.78, 5) is 49.7. The molecule has 0 saturated carbocycles. The quantitative estimate of drug-likeness (QED) is 0.548. The van der Waals surface area contributed by atoms with Gasteiger partial charge < -0.3 is 9.72 Å². The Kier molecular flexibility index (Phi) is 4.37. The van der Waals surface area contributed by atoms with E-state index in [9.17, 15) is 19.2 Å². The summed E-state index contributed by atoms with van der Waals surface area (Å²) >= 11 is 0. The highest BCUT2D eigenvalue weighted by molar-refractivity contribution is 5.98. The van der Waals surface area contributed by atoms with Crippen LogP contribution in [-0.2, 0) is 0 Å². The van der Waals surface area contributed by atoms with Crippen LogP contribution in [0.25, 0.3) is 0 Å². The van der Waals surface area contributed by atoms with E-state index in [4.69, 9.17) is 4.74 Å². The van der Waals surface area contributed by atoms with Gasteiger partial charge in [0.25, 0.3) is 17.4 Å². The first-order chi connectivity index (χ1) is 10.5. The van der Waals surface area contributed by atoms with E-state index in [1.807, 2.05) is 4.98 Å². The molecule has 1 aromatic carbocycles. The maximum absolute atomic E-state index is 11.8. The normalized spacial score (nSPS) is 9.86. The molecule has 114 valence electrons. The average molecular weight is 304 g/mol. The van der Waals surface area contributed by atoms with Crippen LogP contribution in [0.3, 0.4) is 0 Å². The van der Waals surface area contributed by atoms with E-state index < -0.39 is 23.1 Å². The number of nitrogens with one attached hydrogen (secondary N) is 4. The Bertz CT molecular complexity index is 778. The van der Waals surface area contributed by atoms with E-state index in [2.05, 4.69) is 15.8 Å². The first kappa shape index (κ1) is 15.0. The van der Waals surface area contributed by atoms with Gasteiger partial charge in [-0.2, -0.15) is 0 Å². The molecule has 0 bridgehead atoms. The first-order valence-electron chi connectivity index (χ1n) is 6.08. The third-order valence-electron chi connectivity index (χ3n) is 2.65. The average Bonchev–Trinajstić information content (AvgIpc) is 2.51. The number of H-pyrrole nitrogens is 2. The monoisotopic (exact) mass is 304 g/mol. The van der Waals surface area contributed by atoms with Crippen molar-refractivity contribution in [1.29, 1.82) is 0 Å². The van der Waals surface area contributed by atoms with Crippen LogP contribution in [0.1, 0.15) is 20.8 Å². The van der Waals surface area contributed by atoms with Gasteiger partial charge >= 0.3 is 5.69 Å². The van der Waals surface area contributed by atoms with Crippen molar-refractivity contribution in [3.05, 3.63) is 62.4 Å². The Morgan fingerprint density at radius 2 is 1.64 bits per heavy atom. The number of amides is 2. The van der Waals surface area contributed by atoms with Crippen molar-refractivity contribution >= 4 is 11.8 Å². The van der Waals surface area contributed by atoms with Crippen LogP contribution >= 0.6 is 0 Å². The lowest BCUT2D eigenvalue weighted by atomic mass is 10.2. The van der Waals surface area contributed by atoms with Gasteiger partial charge in [-0.3, -0.25) is 30.2 Å². The molecule has 4 N–H and O–H groups in total.